The molecule has 1 aromatic carbocycles. The van der Waals surface area contributed by atoms with E-state index in [-0.39, 0.29) is 5.92 Å². The van der Waals surface area contributed by atoms with E-state index in [9.17, 15) is 0 Å². The van der Waals surface area contributed by atoms with Crippen LogP contribution >= 0.6 is 0 Å². The standard InChI is InChI=1S/C16H15N3/c1-2-6-13(7-3-1)14(12-16-18-10-11-19-16)15-8-4-5-9-17-15/h1-11,14H,12H2,(H,18,19). The van der Waals surface area contributed by atoms with Gasteiger partial charge in [-0.3, -0.25) is 4.98 Å². The van der Waals surface area contributed by atoms with E-state index >= 15 is 0 Å². The molecule has 19 heavy (non-hydrogen) atoms. The molecular formula is C16H15N3. The molecule has 0 saturated heterocycles. The lowest BCUT2D eigenvalue weighted by molar-refractivity contribution is 0.741. The maximum atomic E-state index is 4.49. The quantitative estimate of drug-likeness (QED) is 0.771. The van der Waals surface area contributed by atoms with Gasteiger partial charge in [0, 0.05) is 36.6 Å². The van der Waals surface area contributed by atoms with Crippen molar-refractivity contribution in [1.82, 2.24) is 15.0 Å². The number of pyridine rings is 1. The van der Waals surface area contributed by atoms with Crippen LogP contribution in [-0.4, -0.2) is 15.0 Å². The highest BCUT2D eigenvalue weighted by atomic mass is 14.9. The lowest BCUT2D eigenvalue weighted by Gasteiger charge is -2.15. The largest absolute Gasteiger partial charge is 0.349 e. The fourth-order valence-corrected chi connectivity index (χ4v) is 2.26. The van der Waals surface area contributed by atoms with E-state index in [2.05, 4.69) is 45.3 Å². The molecule has 3 nitrogen and oxygen atoms in total. The van der Waals surface area contributed by atoms with Crippen molar-refractivity contribution in [3.05, 3.63) is 84.2 Å². The van der Waals surface area contributed by atoms with E-state index in [0.717, 1.165) is 17.9 Å². The molecule has 0 aliphatic rings. The minimum Gasteiger partial charge on any atom is -0.349 e. The van der Waals surface area contributed by atoms with Gasteiger partial charge in [0.1, 0.15) is 5.82 Å². The van der Waals surface area contributed by atoms with Gasteiger partial charge in [-0.25, -0.2) is 4.98 Å². The highest BCUT2D eigenvalue weighted by molar-refractivity contribution is 5.29. The van der Waals surface area contributed by atoms with Crippen molar-refractivity contribution in [3.63, 3.8) is 0 Å². The lowest BCUT2D eigenvalue weighted by atomic mass is 9.92. The van der Waals surface area contributed by atoms with E-state index < -0.39 is 0 Å². The Bertz CT molecular complexity index is 564. The van der Waals surface area contributed by atoms with Gasteiger partial charge in [-0.15, -0.1) is 0 Å². The second kappa shape index (κ2) is 5.48. The third-order valence-corrected chi connectivity index (χ3v) is 3.20. The van der Waals surface area contributed by atoms with Crippen LogP contribution in [0, 0.1) is 0 Å². The maximum Gasteiger partial charge on any atom is 0.107 e. The Labute approximate surface area is 112 Å². The predicted molar refractivity (Wildman–Crippen MR) is 74.8 cm³/mol. The van der Waals surface area contributed by atoms with Gasteiger partial charge in [-0.05, 0) is 17.7 Å². The second-order valence-electron chi connectivity index (χ2n) is 4.46. The Morgan fingerprint density at radius 1 is 0.895 bits per heavy atom. The first-order chi connectivity index (χ1) is 9.43. The van der Waals surface area contributed by atoms with Crippen molar-refractivity contribution in [2.24, 2.45) is 0 Å². The van der Waals surface area contributed by atoms with Gasteiger partial charge in [0.05, 0.1) is 0 Å². The number of H-pyrrole nitrogens is 1. The van der Waals surface area contributed by atoms with Crippen molar-refractivity contribution >= 4 is 0 Å². The molecule has 0 radical (unpaired) electrons. The summed E-state index contributed by atoms with van der Waals surface area (Å²) in [4.78, 5) is 12.0. The zero-order valence-corrected chi connectivity index (χ0v) is 10.5. The zero-order valence-electron chi connectivity index (χ0n) is 10.5. The summed E-state index contributed by atoms with van der Waals surface area (Å²) in [5, 5.41) is 0. The third-order valence-electron chi connectivity index (χ3n) is 3.20. The fraction of sp³-hybridized carbons (Fsp3) is 0.125. The molecule has 0 aliphatic carbocycles. The fourth-order valence-electron chi connectivity index (χ4n) is 2.26. The zero-order chi connectivity index (χ0) is 12.9. The SMILES string of the molecule is c1ccc(C(Cc2ncc[nH]2)c2ccccn2)cc1. The summed E-state index contributed by atoms with van der Waals surface area (Å²) in [6, 6.07) is 16.5. The lowest BCUT2D eigenvalue weighted by Crippen LogP contribution is -2.07. The molecule has 94 valence electrons. The Hall–Kier alpha value is -2.42. The molecule has 0 fully saturated rings. The van der Waals surface area contributed by atoms with Crippen LogP contribution in [0.1, 0.15) is 23.0 Å². The Morgan fingerprint density at radius 2 is 1.74 bits per heavy atom. The number of hydrogen-bond acceptors (Lipinski definition) is 2. The molecule has 2 heterocycles. The average molecular weight is 249 g/mol. The Balaban J connectivity index is 1.96. The van der Waals surface area contributed by atoms with Gasteiger partial charge in [-0.2, -0.15) is 0 Å². The van der Waals surface area contributed by atoms with E-state index in [4.69, 9.17) is 0 Å². The van der Waals surface area contributed by atoms with Crippen molar-refractivity contribution in [2.45, 2.75) is 12.3 Å². The van der Waals surface area contributed by atoms with Gasteiger partial charge in [0.15, 0.2) is 0 Å². The Kier molecular flexibility index (Phi) is 3.36. The number of aromatic amines is 1. The summed E-state index contributed by atoms with van der Waals surface area (Å²) in [5.41, 5.74) is 2.34. The van der Waals surface area contributed by atoms with Crippen LogP contribution in [0.25, 0.3) is 0 Å². The van der Waals surface area contributed by atoms with Crippen molar-refractivity contribution in [3.8, 4) is 0 Å². The highest BCUT2D eigenvalue weighted by Crippen LogP contribution is 2.25. The number of hydrogen-bond donors (Lipinski definition) is 1. The minimum atomic E-state index is 0.230. The number of benzene rings is 1. The van der Waals surface area contributed by atoms with Crippen LogP contribution < -0.4 is 0 Å². The molecule has 0 aliphatic heterocycles. The molecule has 1 N–H and O–H groups in total. The number of nitrogens with one attached hydrogen (secondary N) is 1. The molecule has 0 spiro atoms. The summed E-state index contributed by atoms with van der Waals surface area (Å²) in [6.07, 6.45) is 6.31. The first-order valence-corrected chi connectivity index (χ1v) is 6.37. The van der Waals surface area contributed by atoms with Crippen LogP contribution in [0.2, 0.25) is 0 Å². The van der Waals surface area contributed by atoms with Crippen LogP contribution in [-0.2, 0) is 6.42 Å². The number of rotatable bonds is 4. The van der Waals surface area contributed by atoms with Crippen LogP contribution in [0.4, 0.5) is 0 Å². The van der Waals surface area contributed by atoms with E-state index in [1.165, 1.54) is 5.56 Å². The number of imidazole rings is 1. The normalized spacial score (nSPS) is 12.2. The van der Waals surface area contributed by atoms with E-state index in [0.29, 0.717) is 0 Å². The molecule has 0 amide bonds. The minimum absolute atomic E-state index is 0.230. The summed E-state index contributed by atoms with van der Waals surface area (Å²) in [5.74, 6) is 1.22. The van der Waals surface area contributed by atoms with E-state index in [1.807, 2.05) is 30.6 Å². The topological polar surface area (TPSA) is 41.6 Å². The molecule has 3 aromatic rings. The molecule has 3 heteroatoms. The summed E-state index contributed by atoms with van der Waals surface area (Å²) in [7, 11) is 0. The maximum absolute atomic E-state index is 4.49. The van der Waals surface area contributed by atoms with Crippen LogP contribution in [0.5, 0.6) is 0 Å². The molecule has 0 bridgehead atoms. The molecule has 2 aromatic heterocycles. The second-order valence-corrected chi connectivity index (χ2v) is 4.46. The molecule has 3 rings (SSSR count). The number of aromatic nitrogens is 3. The third kappa shape index (κ3) is 2.71. The van der Waals surface area contributed by atoms with Crippen molar-refractivity contribution in [1.29, 1.82) is 0 Å². The van der Waals surface area contributed by atoms with Gasteiger partial charge >= 0.3 is 0 Å². The summed E-state index contributed by atoms with van der Waals surface area (Å²) in [6.45, 7) is 0. The van der Waals surface area contributed by atoms with Crippen molar-refractivity contribution in [2.75, 3.05) is 0 Å². The molecule has 1 unspecified atom stereocenters. The van der Waals surface area contributed by atoms with Gasteiger partial charge in [0.2, 0.25) is 0 Å². The first kappa shape index (κ1) is 11.7. The monoisotopic (exact) mass is 249 g/mol. The first-order valence-electron chi connectivity index (χ1n) is 6.37. The molecular weight excluding hydrogens is 234 g/mol. The number of nitrogens with zero attached hydrogens (tertiary/aromatic N) is 2. The van der Waals surface area contributed by atoms with Gasteiger partial charge < -0.3 is 4.98 Å². The summed E-state index contributed by atoms with van der Waals surface area (Å²) < 4.78 is 0. The smallest absolute Gasteiger partial charge is 0.107 e. The summed E-state index contributed by atoms with van der Waals surface area (Å²) >= 11 is 0. The predicted octanol–water partition coefficient (Wildman–Crippen LogP) is 3.18. The Morgan fingerprint density at radius 3 is 2.42 bits per heavy atom. The van der Waals surface area contributed by atoms with Crippen molar-refractivity contribution < 1.29 is 0 Å². The van der Waals surface area contributed by atoms with Gasteiger partial charge in [0.25, 0.3) is 0 Å². The van der Waals surface area contributed by atoms with Crippen LogP contribution in [0.15, 0.2) is 67.1 Å². The van der Waals surface area contributed by atoms with Gasteiger partial charge in [-0.1, -0.05) is 36.4 Å². The molecule has 0 saturated carbocycles. The average Bonchev–Trinajstić information content (AvgIpc) is 3.00. The van der Waals surface area contributed by atoms with E-state index in [1.54, 1.807) is 6.20 Å². The highest BCUT2D eigenvalue weighted by Gasteiger charge is 2.16. The van der Waals surface area contributed by atoms with Crippen LogP contribution in [0.3, 0.4) is 0 Å². The molecule has 1 atom stereocenters.